The van der Waals surface area contributed by atoms with Crippen LogP contribution in [-0.4, -0.2) is 86.0 Å². The Morgan fingerprint density at radius 2 is 1.51 bits per heavy atom. The molecule has 14 nitrogen and oxygen atoms in total. The minimum atomic E-state index is -1.62. The molecule has 0 bridgehead atoms. The van der Waals surface area contributed by atoms with E-state index in [0.717, 1.165) is 5.56 Å². The van der Waals surface area contributed by atoms with Crippen LogP contribution in [0.2, 0.25) is 0 Å². The molecule has 0 aromatic heterocycles. The number of rotatable bonds is 19. The van der Waals surface area contributed by atoms with E-state index in [1.54, 1.807) is 24.3 Å². The zero-order chi connectivity index (χ0) is 37.2. The zero-order valence-corrected chi connectivity index (χ0v) is 29.3. The Hall–Kier alpha value is -5.54. The van der Waals surface area contributed by atoms with Gasteiger partial charge in [-0.25, -0.2) is 23.3 Å². The molecule has 15 heteroatoms. The van der Waals surface area contributed by atoms with Gasteiger partial charge in [-0.15, -0.1) is 0 Å². The van der Waals surface area contributed by atoms with Gasteiger partial charge in [-0.3, -0.25) is 9.59 Å². The van der Waals surface area contributed by atoms with Crippen LogP contribution in [0.4, 0.5) is 4.79 Å². The van der Waals surface area contributed by atoms with E-state index in [2.05, 4.69) is 20.7 Å². The van der Waals surface area contributed by atoms with Crippen molar-refractivity contribution in [3.8, 4) is 11.5 Å². The first-order valence-corrected chi connectivity index (χ1v) is 17.1. The molecule has 0 fully saturated rings. The van der Waals surface area contributed by atoms with Crippen molar-refractivity contribution in [1.82, 2.24) is 20.7 Å². The summed E-state index contributed by atoms with van der Waals surface area (Å²) in [6.45, 7) is 0.397. The second kappa shape index (κ2) is 20.9. The van der Waals surface area contributed by atoms with Crippen LogP contribution in [0.5, 0.6) is 11.5 Å². The van der Waals surface area contributed by atoms with Crippen molar-refractivity contribution in [3.63, 3.8) is 0 Å². The maximum Gasteiger partial charge on any atom is 0.345 e. The zero-order valence-electron chi connectivity index (χ0n) is 28.5. The van der Waals surface area contributed by atoms with Crippen LogP contribution in [0.25, 0.3) is 4.91 Å². The molecule has 3 aromatic carbocycles. The van der Waals surface area contributed by atoms with Crippen LogP contribution in [0.1, 0.15) is 39.9 Å². The van der Waals surface area contributed by atoms with Gasteiger partial charge < -0.3 is 35.3 Å². The number of hydrogen-bond donors (Lipinski definition) is 5. The number of amides is 3. The monoisotopic (exact) mass is 722 g/mol. The van der Waals surface area contributed by atoms with E-state index in [9.17, 15) is 33.3 Å². The normalized spacial score (nSPS) is 12.8. The van der Waals surface area contributed by atoms with E-state index in [-0.39, 0.29) is 48.0 Å². The summed E-state index contributed by atoms with van der Waals surface area (Å²) < 4.78 is 30.2. The molecular weight excluding hydrogens is 680 g/mol. The highest BCUT2D eigenvalue weighted by atomic mass is 32.2. The van der Waals surface area contributed by atoms with Gasteiger partial charge in [0.25, 0.3) is 0 Å². The fraction of sp³-hybridized carbons (Fsp3) is 0.306. The second-order valence-electron chi connectivity index (χ2n) is 11.0. The molecular formula is C36H42N4O10S. The number of phenols is 1. The first-order chi connectivity index (χ1) is 24.6. The number of allylic oxidation sites excluding steroid dienone is 1. The van der Waals surface area contributed by atoms with Crippen LogP contribution >= 0.6 is 0 Å². The Morgan fingerprint density at radius 1 is 0.843 bits per heavy atom. The molecule has 0 spiro atoms. The number of urea groups is 1. The summed E-state index contributed by atoms with van der Waals surface area (Å²) in [6.07, 6.45) is 2.90. The fourth-order valence-electron chi connectivity index (χ4n) is 4.92. The van der Waals surface area contributed by atoms with Gasteiger partial charge in [-0.2, -0.15) is 0 Å². The Labute approximate surface area is 298 Å². The number of ether oxygens (including phenoxy) is 3. The summed E-state index contributed by atoms with van der Waals surface area (Å²) in [4.78, 5) is 62.6. The lowest BCUT2D eigenvalue weighted by molar-refractivity contribution is -0.142. The van der Waals surface area contributed by atoms with Crippen molar-refractivity contribution in [2.75, 3.05) is 34.4 Å². The highest BCUT2D eigenvalue weighted by Crippen LogP contribution is 2.28. The van der Waals surface area contributed by atoms with Crippen molar-refractivity contribution in [1.29, 1.82) is 0 Å². The number of aldehydes is 1. The van der Waals surface area contributed by atoms with Crippen molar-refractivity contribution < 1.29 is 47.5 Å². The van der Waals surface area contributed by atoms with Gasteiger partial charge in [0, 0.05) is 19.4 Å². The Kier molecular flexibility index (Phi) is 16.3. The van der Waals surface area contributed by atoms with E-state index in [4.69, 9.17) is 14.2 Å². The third kappa shape index (κ3) is 12.4. The van der Waals surface area contributed by atoms with E-state index in [1.165, 1.54) is 45.5 Å². The molecule has 0 aliphatic carbocycles. The largest absolute Gasteiger partial charge is 0.507 e. The molecule has 272 valence electrons. The molecule has 3 atom stereocenters. The molecule has 3 aromatic rings. The van der Waals surface area contributed by atoms with Crippen LogP contribution in [0, 0.1) is 0 Å². The number of methoxy groups -OCH3 is 2. The van der Waals surface area contributed by atoms with Crippen LogP contribution in [-0.2, 0) is 47.7 Å². The minimum Gasteiger partial charge on any atom is -0.507 e. The number of unbranched alkanes of at least 4 members (excludes halogenated alkanes) is 1. The van der Waals surface area contributed by atoms with E-state index in [0.29, 0.717) is 30.3 Å². The smallest absolute Gasteiger partial charge is 0.345 e. The molecule has 1 unspecified atom stereocenters. The molecule has 0 aliphatic rings. The molecule has 0 saturated carbocycles. The molecule has 51 heavy (non-hydrogen) atoms. The SMILES string of the molecule is CNS(=O)/C(=C\C=O)c1ccc(C[C@H](NC(=O)N[C@@H](Cc2ccccc2)C(=O)OC)C(=O)NCCCCOc2cccc(O)c2C(=O)OC)cc1. The number of esters is 2. The Bertz CT molecular complexity index is 1700. The van der Waals surface area contributed by atoms with Gasteiger partial charge in [-0.05, 0) is 54.8 Å². The number of nitrogens with one attached hydrogen (secondary N) is 4. The van der Waals surface area contributed by atoms with Crippen molar-refractivity contribution in [2.24, 2.45) is 0 Å². The molecule has 0 saturated heterocycles. The van der Waals surface area contributed by atoms with Crippen LogP contribution in [0.3, 0.4) is 0 Å². The minimum absolute atomic E-state index is 0.0554. The van der Waals surface area contributed by atoms with Crippen molar-refractivity contribution in [2.45, 2.75) is 37.8 Å². The maximum atomic E-state index is 13.4. The van der Waals surface area contributed by atoms with Gasteiger partial charge in [0.15, 0.2) is 0 Å². The van der Waals surface area contributed by atoms with Crippen LogP contribution < -0.4 is 25.4 Å². The average Bonchev–Trinajstić information content (AvgIpc) is 3.14. The van der Waals surface area contributed by atoms with Gasteiger partial charge in [0.2, 0.25) is 5.91 Å². The molecule has 0 radical (unpaired) electrons. The van der Waals surface area contributed by atoms with Gasteiger partial charge in [0.1, 0.15) is 46.4 Å². The summed E-state index contributed by atoms with van der Waals surface area (Å²) in [6, 6.07) is 17.3. The Morgan fingerprint density at radius 3 is 2.16 bits per heavy atom. The lowest BCUT2D eigenvalue weighted by Gasteiger charge is -2.22. The topological polar surface area (TPSA) is 198 Å². The Balaban J connectivity index is 1.69. The first kappa shape index (κ1) is 39.9. The van der Waals surface area contributed by atoms with Crippen LogP contribution in [0.15, 0.2) is 78.9 Å². The van der Waals surface area contributed by atoms with Crippen molar-refractivity contribution >= 4 is 46.1 Å². The summed E-state index contributed by atoms with van der Waals surface area (Å²) in [5, 5.41) is 18.1. The predicted octanol–water partition coefficient (Wildman–Crippen LogP) is 2.57. The lowest BCUT2D eigenvalue weighted by atomic mass is 10.0. The summed E-state index contributed by atoms with van der Waals surface area (Å²) >= 11 is 0. The number of aromatic hydroxyl groups is 1. The van der Waals surface area contributed by atoms with Gasteiger partial charge in [-0.1, -0.05) is 60.7 Å². The fourth-order valence-corrected chi connectivity index (χ4v) is 5.67. The number of benzene rings is 3. The number of phenolic OH excluding ortho intramolecular Hbond substituents is 1. The van der Waals surface area contributed by atoms with Crippen molar-refractivity contribution in [3.05, 3.63) is 101 Å². The van der Waals surface area contributed by atoms with Gasteiger partial charge >= 0.3 is 18.0 Å². The van der Waals surface area contributed by atoms with E-state index < -0.39 is 46.9 Å². The lowest BCUT2D eigenvalue weighted by Crippen LogP contribution is -2.54. The summed E-state index contributed by atoms with van der Waals surface area (Å²) in [7, 11) is 2.29. The highest BCUT2D eigenvalue weighted by Gasteiger charge is 2.26. The predicted molar refractivity (Wildman–Crippen MR) is 190 cm³/mol. The quantitative estimate of drug-likeness (QED) is 0.0531. The average molecular weight is 723 g/mol. The third-order valence-corrected chi connectivity index (χ3v) is 8.64. The standard InChI is InChI=1S/C36H42N4O10S/c1-37-51(47)31(18-20-41)26-16-14-25(15-17-26)22-27(39-36(46)40-28(34(44)48-2)23-24-10-5-4-6-11-24)33(43)38-19-7-8-21-50-30-13-9-12-29(42)32(30)35(45)49-3/h4-6,9-18,20,27-28,37,42H,7-8,19,21-23H2,1-3H3,(H,38,43)(H2,39,40,46)/b31-18-/t27-,28-,51?/m0/s1. The maximum absolute atomic E-state index is 13.4. The summed E-state index contributed by atoms with van der Waals surface area (Å²) in [5.74, 6) is -2.00. The second-order valence-corrected chi connectivity index (χ2v) is 12.4. The molecule has 3 amide bonds. The number of carbonyl (C=O) groups excluding carboxylic acids is 5. The third-order valence-electron chi connectivity index (χ3n) is 7.50. The van der Waals surface area contributed by atoms with Gasteiger partial charge in [0.05, 0.1) is 25.7 Å². The highest BCUT2D eigenvalue weighted by molar-refractivity contribution is 7.92. The summed E-state index contributed by atoms with van der Waals surface area (Å²) in [5.41, 5.74) is 1.88. The molecule has 0 aliphatic heterocycles. The number of hydrogen-bond acceptors (Lipinski definition) is 10. The number of carbonyl (C=O) groups is 5. The van der Waals surface area contributed by atoms with E-state index in [1.807, 2.05) is 30.3 Å². The van der Waals surface area contributed by atoms with E-state index >= 15 is 0 Å². The first-order valence-electron chi connectivity index (χ1n) is 15.9. The molecule has 5 N–H and O–H groups in total. The molecule has 0 heterocycles. The molecule has 3 rings (SSSR count).